The van der Waals surface area contributed by atoms with Gasteiger partial charge >= 0.3 is 12.1 Å². The van der Waals surface area contributed by atoms with Crippen molar-refractivity contribution < 1.29 is 27.5 Å². The second-order valence-electron chi connectivity index (χ2n) is 6.44. The molecule has 166 valence electrons. The van der Waals surface area contributed by atoms with E-state index in [9.17, 15) is 18.0 Å². The summed E-state index contributed by atoms with van der Waals surface area (Å²) in [7, 11) is 1.49. The SMILES string of the molecule is COc1ccc(-c2cc(C(F)(F)F)nc(SCC(=O)O/N=C(\C)c3ccccc3)n2)cc1. The van der Waals surface area contributed by atoms with Gasteiger partial charge in [-0.3, -0.25) is 0 Å². The quantitative estimate of drug-likeness (QED) is 0.158. The van der Waals surface area contributed by atoms with Gasteiger partial charge in [0.2, 0.25) is 0 Å². The van der Waals surface area contributed by atoms with Crippen LogP contribution in [0.3, 0.4) is 0 Å². The van der Waals surface area contributed by atoms with Gasteiger partial charge in [0.1, 0.15) is 17.2 Å². The van der Waals surface area contributed by atoms with Crippen molar-refractivity contribution in [2.24, 2.45) is 5.16 Å². The minimum absolute atomic E-state index is 0.0730. The Kier molecular flexibility index (Phi) is 7.47. The molecule has 6 nitrogen and oxygen atoms in total. The molecule has 0 radical (unpaired) electrons. The molecule has 0 saturated heterocycles. The number of carbonyl (C=O) groups is 1. The number of ether oxygens (including phenoxy) is 1. The number of halogens is 3. The van der Waals surface area contributed by atoms with Crippen LogP contribution in [-0.2, 0) is 15.8 Å². The van der Waals surface area contributed by atoms with E-state index >= 15 is 0 Å². The van der Waals surface area contributed by atoms with E-state index in [1.54, 1.807) is 43.3 Å². The first-order valence-corrected chi connectivity index (χ1v) is 10.3. The summed E-state index contributed by atoms with van der Waals surface area (Å²) in [5, 5.41) is 3.56. The molecule has 0 amide bonds. The summed E-state index contributed by atoms with van der Waals surface area (Å²) in [4.78, 5) is 24.6. The van der Waals surface area contributed by atoms with Crippen LogP contribution in [0.5, 0.6) is 5.75 Å². The van der Waals surface area contributed by atoms with Crippen LogP contribution in [0.2, 0.25) is 0 Å². The molecular weight excluding hydrogens is 443 g/mol. The molecule has 0 spiro atoms. The Morgan fingerprint density at radius 1 is 1.06 bits per heavy atom. The van der Waals surface area contributed by atoms with Gasteiger partial charge in [-0.25, -0.2) is 14.8 Å². The van der Waals surface area contributed by atoms with E-state index in [4.69, 9.17) is 9.57 Å². The lowest BCUT2D eigenvalue weighted by molar-refractivity contribution is -0.141. The molecule has 0 aliphatic rings. The lowest BCUT2D eigenvalue weighted by Gasteiger charge is -2.10. The predicted octanol–water partition coefficient (Wildman–Crippen LogP) is 5.23. The molecule has 1 heterocycles. The average molecular weight is 461 g/mol. The zero-order valence-electron chi connectivity index (χ0n) is 17.1. The van der Waals surface area contributed by atoms with Crippen molar-refractivity contribution in [3.05, 3.63) is 71.9 Å². The smallest absolute Gasteiger partial charge is 0.433 e. The first-order chi connectivity index (χ1) is 15.3. The number of carbonyl (C=O) groups excluding carboxylic acids is 1. The fourth-order valence-electron chi connectivity index (χ4n) is 2.55. The molecule has 0 N–H and O–H groups in total. The number of alkyl halides is 3. The van der Waals surface area contributed by atoms with E-state index in [2.05, 4.69) is 15.1 Å². The minimum atomic E-state index is -4.67. The van der Waals surface area contributed by atoms with Gasteiger partial charge in [-0.1, -0.05) is 47.2 Å². The molecule has 3 rings (SSSR count). The highest BCUT2D eigenvalue weighted by molar-refractivity contribution is 7.99. The van der Waals surface area contributed by atoms with Crippen molar-refractivity contribution in [3.63, 3.8) is 0 Å². The molecular formula is C22H18F3N3O3S. The summed E-state index contributed by atoms with van der Waals surface area (Å²) in [5.41, 5.74) is 0.682. The predicted molar refractivity (Wildman–Crippen MR) is 114 cm³/mol. The van der Waals surface area contributed by atoms with Crippen LogP contribution in [0.25, 0.3) is 11.3 Å². The number of oxime groups is 1. The number of benzene rings is 2. The largest absolute Gasteiger partial charge is 0.497 e. The van der Waals surface area contributed by atoms with Crippen LogP contribution >= 0.6 is 11.8 Å². The normalized spacial score (nSPS) is 11.8. The first kappa shape index (κ1) is 23.3. The summed E-state index contributed by atoms with van der Waals surface area (Å²) in [5.74, 6) is -0.491. The van der Waals surface area contributed by atoms with Gasteiger partial charge < -0.3 is 9.57 Å². The molecule has 0 atom stereocenters. The van der Waals surface area contributed by atoms with Gasteiger partial charge in [0.25, 0.3) is 0 Å². The Morgan fingerprint density at radius 2 is 1.75 bits per heavy atom. The van der Waals surface area contributed by atoms with E-state index in [1.165, 1.54) is 7.11 Å². The van der Waals surface area contributed by atoms with Crippen LogP contribution < -0.4 is 4.74 Å². The van der Waals surface area contributed by atoms with Gasteiger partial charge in [0.05, 0.1) is 18.5 Å². The monoisotopic (exact) mass is 461 g/mol. The van der Waals surface area contributed by atoms with E-state index in [1.807, 2.05) is 18.2 Å². The fourth-order valence-corrected chi connectivity index (χ4v) is 3.17. The Hall–Kier alpha value is -3.40. The maximum atomic E-state index is 13.3. The molecule has 32 heavy (non-hydrogen) atoms. The van der Waals surface area contributed by atoms with Gasteiger partial charge in [-0.15, -0.1) is 0 Å². The number of hydrogen-bond acceptors (Lipinski definition) is 7. The fraction of sp³-hybridized carbons (Fsp3) is 0.182. The lowest BCUT2D eigenvalue weighted by atomic mass is 10.1. The lowest BCUT2D eigenvalue weighted by Crippen LogP contribution is -2.11. The van der Waals surface area contributed by atoms with Crippen LogP contribution in [0, 0.1) is 0 Å². The molecule has 0 aliphatic carbocycles. The number of hydrogen-bond donors (Lipinski definition) is 0. The van der Waals surface area contributed by atoms with Gasteiger partial charge in [0.15, 0.2) is 5.16 Å². The zero-order valence-corrected chi connectivity index (χ0v) is 17.9. The Morgan fingerprint density at radius 3 is 2.38 bits per heavy atom. The van der Waals surface area contributed by atoms with Crippen molar-refractivity contribution in [1.82, 2.24) is 9.97 Å². The number of aromatic nitrogens is 2. The van der Waals surface area contributed by atoms with Crippen LogP contribution in [0.15, 0.2) is 71.0 Å². The summed E-state index contributed by atoms with van der Waals surface area (Å²) < 4.78 is 45.0. The summed E-state index contributed by atoms with van der Waals surface area (Å²) in [6, 6.07) is 16.3. The van der Waals surface area contributed by atoms with Crippen molar-refractivity contribution in [2.75, 3.05) is 12.9 Å². The number of methoxy groups -OCH3 is 1. The Bertz CT molecular complexity index is 1100. The molecule has 10 heteroatoms. The number of rotatable bonds is 7. The average Bonchev–Trinajstić information content (AvgIpc) is 2.81. The first-order valence-electron chi connectivity index (χ1n) is 9.29. The highest BCUT2D eigenvalue weighted by Gasteiger charge is 2.34. The molecule has 0 bridgehead atoms. The van der Waals surface area contributed by atoms with Crippen molar-refractivity contribution in [3.8, 4) is 17.0 Å². The third-order valence-corrected chi connectivity index (χ3v) is 5.00. The van der Waals surface area contributed by atoms with Crippen LogP contribution in [0.1, 0.15) is 18.2 Å². The van der Waals surface area contributed by atoms with Gasteiger partial charge in [-0.2, -0.15) is 13.2 Å². The van der Waals surface area contributed by atoms with Gasteiger partial charge in [0, 0.05) is 5.56 Å². The zero-order chi connectivity index (χ0) is 23.1. The Balaban J connectivity index is 1.74. The van der Waals surface area contributed by atoms with E-state index in [0.29, 0.717) is 17.0 Å². The molecule has 0 saturated carbocycles. The topological polar surface area (TPSA) is 73.7 Å². The highest BCUT2D eigenvalue weighted by Crippen LogP contribution is 2.32. The van der Waals surface area contributed by atoms with E-state index in [-0.39, 0.29) is 16.6 Å². The van der Waals surface area contributed by atoms with Crippen molar-refractivity contribution in [1.29, 1.82) is 0 Å². The van der Waals surface area contributed by atoms with Gasteiger partial charge in [-0.05, 0) is 42.8 Å². The summed E-state index contributed by atoms with van der Waals surface area (Å²) >= 11 is 0.732. The maximum Gasteiger partial charge on any atom is 0.433 e. The third kappa shape index (κ3) is 6.30. The van der Waals surface area contributed by atoms with Crippen molar-refractivity contribution in [2.45, 2.75) is 18.3 Å². The number of thioether (sulfide) groups is 1. The molecule has 0 fully saturated rings. The summed E-state index contributed by atoms with van der Waals surface area (Å²) in [6.45, 7) is 1.67. The molecule has 0 unspecified atom stereocenters. The van der Waals surface area contributed by atoms with Crippen LogP contribution in [0.4, 0.5) is 13.2 Å². The second-order valence-corrected chi connectivity index (χ2v) is 7.38. The standard InChI is InChI=1S/C22H18F3N3O3S/c1-14(15-6-4-3-5-7-15)28-31-20(29)13-32-21-26-18(12-19(27-21)22(23,24)25)16-8-10-17(30-2)11-9-16/h3-12H,13H2,1-2H3/b28-14+. The maximum absolute atomic E-state index is 13.3. The van der Waals surface area contributed by atoms with E-state index < -0.39 is 17.8 Å². The molecule has 3 aromatic rings. The van der Waals surface area contributed by atoms with E-state index in [0.717, 1.165) is 23.4 Å². The highest BCUT2D eigenvalue weighted by atomic mass is 32.2. The Labute approximate surface area is 186 Å². The molecule has 0 aliphatic heterocycles. The third-order valence-electron chi connectivity index (χ3n) is 4.18. The molecule has 1 aromatic heterocycles. The molecule has 2 aromatic carbocycles. The number of nitrogens with zero attached hydrogens (tertiary/aromatic N) is 3. The minimum Gasteiger partial charge on any atom is -0.497 e. The summed E-state index contributed by atoms with van der Waals surface area (Å²) in [6.07, 6.45) is -4.67. The van der Waals surface area contributed by atoms with Crippen LogP contribution in [-0.4, -0.2) is 34.5 Å². The second kappa shape index (κ2) is 10.3. The van der Waals surface area contributed by atoms with Crippen molar-refractivity contribution >= 4 is 23.4 Å².